The lowest BCUT2D eigenvalue weighted by atomic mass is 10.3. The van der Waals surface area contributed by atoms with Crippen LogP contribution in [0.2, 0.25) is 0 Å². The third-order valence-corrected chi connectivity index (χ3v) is 5.46. The highest BCUT2D eigenvalue weighted by Gasteiger charge is 2.21. The Balaban J connectivity index is 1.57. The van der Waals surface area contributed by atoms with Crippen molar-refractivity contribution in [1.29, 1.82) is 0 Å². The summed E-state index contributed by atoms with van der Waals surface area (Å²) < 4.78 is 1.98. The summed E-state index contributed by atoms with van der Waals surface area (Å²) in [5, 5.41) is 26.5. The molecule has 0 radical (unpaired) electrons. The maximum atomic E-state index is 4.20. The number of nitrogens with zero attached hydrogens (tertiary/aromatic N) is 6. The van der Waals surface area contributed by atoms with Crippen molar-refractivity contribution in [1.82, 2.24) is 30.4 Å². The molecular weight excluding hydrogens is 306 g/mol. The van der Waals surface area contributed by atoms with Crippen LogP contribution in [0.5, 0.6) is 0 Å². The van der Waals surface area contributed by atoms with Gasteiger partial charge in [-0.25, -0.2) is 4.68 Å². The third kappa shape index (κ3) is 3.70. The second kappa shape index (κ2) is 7.17. The van der Waals surface area contributed by atoms with E-state index in [9.17, 15) is 0 Å². The lowest BCUT2D eigenvalue weighted by molar-refractivity contribution is 0.423. The zero-order valence-corrected chi connectivity index (χ0v) is 13.7. The van der Waals surface area contributed by atoms with Crippen molar-refractivity contribution in [3.8, 4) is 0 Å². The van der Waals surface area contributed by atoms with Crippen molar-refractivity contribution in [2.75, 3.05) is 11.9 Å². The SMILES string of the molecule is CCCNc1nnc(CSc2nnnn2C2CCCC2)s1. The summed E-state index contributed by atoms with van der Waals surface area (Å²) in [6.45, 7) is 3.06. The van der Waals surface area contributed by atoms with Gasteiger partial charge in [0, 0.05) is 6.54 Å². The Kier molecular flexibility index (Phi) is 5.02. The first-order chi connectivity index (χ1) is 10.4. The van der Waals surface area contributed by atoms with Crippen molar-refractivity contribution in [2.24, 2.45) is 0 Å². The van der Waals surface area contributed by atoms with Crippen molar-refractivity contribution >= 4 is 28.2 Å². The second-order valence-electron chi connectivity index (χ2n) is 5.06. The molecule has 21 heavy (non-hydrogen) atoms. The molecule has 3 rings (SSSR count). The number of thioether (sulfide) groups is 1. The van der Waals surface area contributed by atoms with Gasteiger partial charge in [-0.05, 0) is 29.7 Å². The highest BCUT2D eigenvalue weighted by Crippen LogP contribution is 2.32. The minimum absolute atomic E-state index is 0.471. The maximum absolute atomic E-state index is 4.20. The van der Waals surface area contributed by atoms with Crippen LogP contribution < -0.4 is 5.32 Å². The molecule has 0 atom stereocenters. The van der Waals surface area contributed by atoms with Gasteiger partial charge in [-0.1, -0.05) is 42.9 Å². The van der Waals surface area contributed by atoms with Gasteiger partial charge in [-0.2, -0.15) is 0 Å². The molecule has 0 spiro atoms. The molecule has 2 aromatic rings. The molecule has 0 amide bonds. The Morgan fingerprint density at radius 2 is 2.14 bits per heavy atom. The van der Waals surface area contributed by atoms with Crippen LogP contribution in [0.3, 0.4) is 0 Å². The summed E-state index contributed by atoms with van der Waals surface area (Å²) >= 11 is 3.24. The number of tetrazole rings is 1. The van der Waals surface area contributed by atoms with E-state index in [0.29, 0.717) is 6.04 Å². The van der Waals surface area contributed by atoms with Crippen molar-refractivity contribution in [3.05, 3.63) is 5.01 Å². The molecule has 2 heterocycles. The van der Waals surface area contributed by atoms with E-state index in [4.69, 9.17) is 0 Å². The molecule has 2 aromatic heterocycles. The predicted octanol–water partition coefficient (Wildman–Crippen LogP) is 2.75. The van der Waals surface area contributed by atoms with Crippen LogP contribution in [0.1, 0.15) is 50.1 Å². The van der Waals surface area contributed by atoms with E-state index in [1.807, 2.05) is 4.68 Å². The molecule has 7 nitrogen and oxygen atoms in total. The summed E-state index contributed by atoms with van der Waals surface area (Å²) in [7, 11) is 0. The Morgan fingerprint density at radius 1 is 1.29 bits per heavy atom. The van der Waals surface area contributed by atoms with Crippen molar-refractivity contribution in [3.63, 3.8) is 0 Å². The largest absolute Gasteiger partial charge is 0.360 e. The van der Waals surface area contributed by atoms with Crippen LogP contribution in [0.25, 0.3) is 0 Å². The van der Waals surface area contributed by atoms with Gasteiger partial charge in [0.25, 0.3) is 0 Å². The first-order valence-electron chi connectivity index (χ1n) is 7.33. The summed E-state index contributed by atoms with van der Waals surface area (Å²) in [4.78, 5) is 0. The van der Waals surface area contributed by atoms with E-state index in [-0.39, 0.29) is 0 Å². The van der Waals surface area contributed by atoms with Crippen LogP contribution in [-0.4, -0.2) is 36.9 Å². The van der Waals surface area contributed by atoms with E-state index in [0.717, 1.165) is 34.0 Å². The van der Waals surface area contributed by atoms with Gasteiger partial charge in [-0.15, -0.1) is 15.3 Å². The maximum Gasteiger partial charge on any atom is 0.209 e. The highest BCUT2D eigenvalue weighted by molar-refractivity contribution is 7.98. The molecule has 0 saturated heterocycles. The average Bonchev–Trinajstić information content (AvgIpc) is 3.22. The van der Waals surface area contributed by atoms with E-state index in [1.54, 1.807) is 23.1 Å². The van der Waals surface area contributed by atoms with Crippen molar-refractivity contribution < 1.29 is 0 Å². The normalized spacial score (nSPS) is 15.7. The first-order valence-corrected chi connectivity index (χ1v) is 9.14. The topological polar surface area (TPSA) is 81.4 Å². The van der Waals surface area contributed by atoms with Gasteiger partial charge in [0.1, 0.15) is 5.01 Å². The second-order valence-corrected chi connectivity index (χ2v) is 7.07. The smallest absolute Gasteiger partial charge is 0.209 e. The molecule has 0 unspecified atom stereocenters. The van der Waals surface area contributed by atoms with Gasteiger partial charge in [-0.3, -0.25) is 0 Å². The highest BCUT2D eigenvalue weighted by atomic mass is 32.2. The summed E-state index contributed by atoms with van der Waals surface area (Å²) in [6.07, 6.45) is 6.00. The standard InChI is InChI=1S/C12H19N7S2/c1-2-7-13-11-15-14-10(21-11)8-20-12-16-17-18-19(12)9-5-3-4-6-9/h9H,2-8H2,1H3,(H,13,15). The number of hydrogen-bond acceptors (Lipinski definition) is 8. The molecular formula is C12H19N7S2. The number of nitrogens with one attached hydrogen (secondary N) is 1. The lowest BCUT2D eigenvalue weighted by Gasteiger charge is -2.09. The van der Waals surface area contributed by atoms with Gasteiger partial charge >= 0.3 is 0 Å². The number of aromatic nitrogens is 6. The van der Waals surface area contributed by atoms with Crippen LogP contribution in [0.4, 0.5) is 5.13 Å². The van der Waals surface area contributed by atoms with E-state index < -0.39 is 0 Å². The third-order valence-electron chi connectivity index (χ3n) is 3.45. The zero-order valence-electron chi connectivity index (χ0n) is 12.0. The summed E-state index contributed by atoms with van der Waals surface area (Å²) in [5.74, 6) is 0.762. The average molecular weight is 325 g/mol. The number of anilines is 1. The monoisotopic (exact) mass is 325 g/mol. The number of hydrogen-bond donors (Lipinski definition) is 1. The lowest BCUT2D eigenvalue weighted by Crippen LogP contribution is -2.08. The fourth-order valence-electron chi connectivity index (χ4n) is 2.40. The molecule has 1 saturated carbocycles. The van der Waals surface area contributed by atoms with E-state index in [1.165, 1.54) is 25.7 Å². The Bertz CT molecular complexity index is 561. The van der Waals surface area contributed by atoms with Gasteiger partial charge in [0.05, 0.1) is 11.8 Å². The zero-order chi connectivity index (χ0) is 14.5. The molecule has 1 aliphatic rings. The minimum Gasteiger partial charge on any atom is -0.360 e. The molecule has 0 aromatic carbocycles. The molecule has 1 aliphatic carbocycles. The molecule has 0 bridgehead atoms. The molecule has 9 heteroatoms. The Morgan fingerprint density at radius 3 is 2.95 bits per heavy atom. The Labute approximate surface area is 131 Å². The number of rotatable bonds is 7. The predicted molar refractivity (Wildman–Crippen MR) is 83.6 cm³/mol. The fourth-order valence-corrected chi connectivity index (χ4v) is 4.10. The molecule has 1 N–H and O–H groups in total. The minimum atomic E-state index is 0.471. The van der Waals surface area contributed by atoms with Crippen LogP contribution in [-0.2, 0) is 5.75 Å². The van der Waals surface area contributed by atoms with Crippen molar-refractivity contribution in [2.45, 2.75) is 56.0 Å². The van der Waals surface area contributed by atoms with E-state index in [2.05, 4.69) is 38.0 Å². The summed E-state index contributed by atoms with van der Waals surface area (Å²) in [6, 6.07) is 0.471. The fraction of sp³-hybridized carbons (Fsp3) is 0.750. The van der Waals surface area contributed by atoms with Crippen LogP contribution >= 0.6 is 23.1 Å². The Hall–Kier alpha value is -1.22. The van der Waals surface area contributed by atoms with Crippen LogP contribution in [0, 0.1) is 0 Å². The van der Waals surface area contributed by atoms with Gasteiger partial charge in [0.15, 0.2) is 0 Å². The van der Waals surface area contributed by atoms with Gasteiger partial charge in [0.2, 0.25) is 10.3 Å². The molecule has 1 fully saturated rings. The molecule has 114 valence electrons. The molecule has 0 aliphatic heterocycles. The van der Waals surface area contributed by atoms with Gasteiger partial charge < -0.3 is 5.32 Å². The first kappa shape index (κ1) is 14.7. The van der Waals surface area contributed by atoms with Crippen LogP contribution in [0.15, 0.2) is 5.16 Å². The van der Waals surface area contributed by atoms with E-state index >= 15 is 0 Å². The quantitative estimate of drug-likeness (QED) is 0.784. The summed E-state index contributed by atoms with van der Waals surface area (Å²) in [5.41, 5.74) is 0.